The number of carbonyl (C=O) groups excluding carboxylic acids is 1. The van der Waals surface area contributed by atoms with Gasteiger partial charge in [0.1, 0.15) is 6.04 Å². The Labute approximate surface area is 164 Å². The average molecular weight is 385 g/mol. The zero-order valence-electron chi connectivity index (χ0n) is 16.7. The average Bonchev–Trinajstić information content (AvgIpc) is 3.42. The van der Waals surface area contributed by atoms with Crippen LogP contribution in [0.5, 0.6) is 0 Å². The van der Waals surface area contributed by atoms with Crippen molar-refractivity contribution < 1.29 is 19.2 Å². The fraction of sp³-hybridized carbons (Fsp3) is 0.619. The van der Waals surface area contributed by atoms with Gasteiger partial charge < -0.3 is 14.5 Å². The lowest BCUT2D eigenvalue weighted by atomic mass is 9.89. The molecule has 3 heterocycles. The van der Waals surface area contributed by atoms with Crippen LogP contribution < -0.4 is 0 Å². The SMILES string of the molecule is CC(C)(C)Cc1noc2nc(C3CC3)cc(C(=O)N3CCCCC3C(=O)O)c12. The molecule has 150 valence electrons. The Morgan fingerprint density at radius 1 is 1.25 bits per heavy atom. The number of likely N-dealkylation sites (tertiary alicyclic amines) is 1. The highest BCUT2D eigenvalue weighted by molar-refractivity contribution is 6.07. The van der Waals surface area contributed by atoms with Gasteiger partial charge in [-0.15, -0.1) is 0 Å². The normalized spacial score (nSPS) is 20.5. The Bertz CT molecular complexity index is 924. The van der Waals surface area contributed by atoms with Gasteiger partial charge in [0.25, 0.3) is 11.6 Å². The molecule has 7 nitrogen and oxygen atoms in total. The van der Waals surface area contributed by atoms with E-state index in [0.29, 0.717) is 47.7 Å². The molecule has 2 aromatic rings. The van der Waals surface area contributed by atoms with Gasteiger partial charge in [-0.2, -0.15) is 0 Å². The van der Waals surface area contributed by atoms with Crippen molar-refractivity contribution in [3.8, 4) is 0 Å². The van der Waals surface area contributed by atoms with E-state index in [-0.39, 0.29) is 11.3 Å². The lowest BCUT2D eigenvalue weighted by molar-refractivity contribution is -0.143. The number of aromatic nitrogens is 2. The molecule has 1 unspecified atom stereocenters. The second-order valence-electron chi connectivity index (χ2n) is 9.26. The van der Waals surface area contributed by atoms with Crippen LogP contribution in [0.15, 0.2) is 10.6 Å². The first-order chi connectivity index (χ1) is 13.2. The van der Waals surface area contributed by atoms with Crippen molar-refractivity contribution in [2.24, 2.45) is 5.41 Å². The fourth-order valence-corrected chi connectivity index (χ4v) is 4.00. The van der Waals surface area contributed by atoms with Gasteiger partial charge in [0.05, 0.1) is 16.6 Å². The molecule has 1 saturated carbocycles. The maximum Gasteiger partial charge on any atom is 0.326 e. The molecule has 0 bridgehead atoms. The molecule has 2 fully saturated rings. The summed E-state index contributed by atoms with van der Waals surface area (Å²) in [7, 11) is 0. The third-order valence-electron chi connectivity index (χ3n) is 5.51. The third kappa shape index (κ3) is 3.62. The number of nitrogens with zero attached hydrogens (tertiary/aromatic N) is 3. The largest absolute Gasteiger partial charge is 0.480 e. The molecule has 1 saturated heterocycles. The standard InChI is InChI=1S/C21H27N3O4/c1-21(2,3)11-15-17-13(10-14(12-7-8-12)22-18(17)28-23-15)19(25)24-9-5-4-6-16(24)20(26)27/h10,12,16H,4-9,11H2,1-3H3,(H,26,27). The zero-order valence-corrected chi connectivity index (χ0v) is 16.7. The van der Waals surface area contributed by atoms with Crippen molar-refractivity contribution in [1.82, 2.24) is 15.0 Å². The predicted molar refractivity (Wildman–Crippen MR) is 103 cm³/mol. The van der Waals surface area contributed by atoms with Crippen molar-refractivity contribution in [2.75, 3.05) is 6.54 Å². The predicted octanol–water partition coefficient (Wildman–Crippen LogP) is 3.77. The van der Waals surface area contributed by atoms with Crippen molar-refractivity contribution in [2.45, 2.75) is 71.3 Å². The molecule has 0 spiro atoms. The van der Waals surface area contributed by atoms with Gasteiger partial charge in [-0.25, -0.2) is 9.78 Å². The summed E-state index contributed by atoms with van der Waals surface area (Å²) in [6.07, 6.45) is 4.88. The first kappa shape index (κ1) is 18.9. The number of carboxylic acid groups (broad SMARTS) is 1. The van der Waals surface area contributed by atoms with E-state index >= 15 is 0 Å². The first-order valence-corrected chi connectivity index (χ1v) is 10.1. The molecule has 1 N–H and O–H groups in total. The van der Waals surface area contributed by atoms with Gasteiger partial charge in [0.15, 0.2) is 0 Å². The van der Waals surface area contributed by atoms with E-state index in [1.165, 1.54) is 4.90 Å². The Kier molecular flexibility index (Phi) is 4.63. The quantitative estimate of drug-likeness (QED) is 0.860. The Hall–Kier alpha value is -2.44. The summed E-state index contributed by atoms with van der Waals surface area (Å²) in [5, 5.41) is 14.5. The molecule has 1 aliphatic heterocycles. The summed E-state index contributed by atoms with van der Waals surface area (Å²) in [6.45, 7) is 6.77. The van der Waals surface area contributed by atoms with Crippen LogP contribution in [-0.2, 0) is 11.2 Å². The van der Waals surface area contributed by atoms with Crippen LogP contribution in [0.1, 0.15) is 80.5 Å². The minimum absolute atomic E-state index is 0.0337. The van der Waals surface area contributed by atoms with E-state index in [2.05, 4.69) is 30.9 Å². The maximum atomic E-state index is 13.5. The van der Waals surface area contributed by atoms with E-state index in [1.807, 2.05) is 6.07 Å². The van der Waals surface area contributed by atoms with Crippen LogP contribution in [-0.4, -0.2) is 44.6 Å². The van der Waals surface area contributed by atoms with Gasteiger partial charge >= 0.3 is 5.97 Å². The van der Waals surface area contributed by atoms with E-state index in [4.69, 9.17) is 4.52 Å². The van der Waals surface area contributed by atoms with Crippen molar-refractivity contribution in [3.63, 3.8) is 0 Å². The first-order valence-electron chi connectivity index (χ1n) is 10.1. The minimum Gasteiger partial charge on any atom is -0.480 e. The van der Waals surface area contributed by atoms with E-state index in [0.717, 1.165) is 31.4 Å². The molecule has 28 heavy (non-hydrogen) atoms. The number of carbonyl (C=O) groups is 2. The number of pyridine rings is 1. The van der Waals surface area contributed by atoms with Gasteiger partial charge in [0.2, 0.25) is 0 Å². The molecule has 1 atom stereocenters. The van der Waals surface area contributed by atoms with E-state index in [1.54, 1.807) is 0 Å². The number of fused-ring (bicyclic) bond motifs is 1. The second kappa shape index (κ2) is 6.87. The molecular formula is C21H27N3O4. The molecule has 7 heteroatoms. The second-order valence-corrected chi connectivity index (χ2v) is 9.26. The zero-order chi connectivity index (χ0) is 20.1. The summed E-state index contributed by atoms with van der Waals surface area (Å²) in [4.78, 5) is 31.3. The lowest BCUT2D eigenvalue weighted by Crippen LogP contribution is -2.48. The topological polar surface area (TPSA) is 96.5 Å². The third-order valence-corrected chi connectivity index (χ3v) is 5.51. The molecular weight excluding hydrogens is 358 g/mol. The van der Waals surface area contributed by atoms with Gasteiger partial charge in [-0.1, -0.05) is 25.9 Å². The number of aliphatic carboxylic acids is 1. The van der Waals surface area contributed by atoms with E-state index in [9.17, 15) is 14.7 Å². The van der Waals surface area contributed by atoms with Gasteiger partial charge in [-0.3, -0.25) is 4.79 Å². The summed E-state index contributed by atoms with van der Waals surface area (Å²) in [5.74, 6) is -0.843. The van der Waals surface area contributed by atoms with Crippen LogP contribution in [0.25, 0.3) is 11.1 Å². The van der Waals surface area contributed by atoms with E-state index < -0.39 is 12.0 Å². The highest BCUT2D eigenvalue weighted by atomic mass is 16.5. The molecule has 1 amide bonds. The van der Waals surface area contributed by atoms with Gasteiger partial charge in [-0.05, 0) is 50.0 Å². The maximum absolute atomic E-state index is 13.5. The Balaban J connectivity index is 1.82. The molecule has 4 rings (SSSR count). The summed E-state index contributed by atoms with van der Waals surface area (Å²) in [5.41, 5.74) is 2.40. The van der Waals surface area contributed by atoms with Crippen LogP contribution in [0.2, 0.25) is 0 Å². The summed E-state index contributed by atoms with van der Waals surface area (Å²) < 4.78 is 5.52. The van der Waals surface area contributed by atoms with Crippen LogP contribution in [0.4, 0.5) is 0 Å². The smallest absolute Gasteiger partial charge is 0.326 e. The molecule has 1 aliphatic carbocycles. The molecule has 0 aromatic carbocycles. The molecule has 2 aromatic heterocycles. The lowest BCUT2D eigenvalue weighted by Gasteiger charge is -2.33. The highest BCUT2D eigenvalue weighted by Crippen LogP contribution is 2.41. The van der Waals surface area contributed by atoms with Crippen LogP contribution in [0, 0.1) is 5.41 Å². The number of piperidine rings is 1. The number of rotatable bonds is 4. The van der Waals surface area contributed by atoms with Crippen molar-refractivity contribution >= 4 is 23.0 Å². The van der Waals surface area contributed by atoms with Crippen molar-refractivity contribution in [1.29, 1.82) is 0 Å². The number of hydrogen-bond acceptors (Lipinski definition) is 5. The highest BCUT2D eigenvalue weighted by Gasteiger charge is 2.36. The number of amides is 1. The molecule has 2 aliphatic rings. The Morgan fingerprint density at radius 3 is 2.64 bits per heavy atom. The van der Waals surface area contributed by atoms with Crippen LogP contribution in [0.3, 0.4) is 0 Å². The van der Waals surface area contributed by atoms with Crippen LogP contribution >= 0.6 is 0 Å². The fourth-order valence-electron chi connectivity index (χ4n) is 4.00. The number of hydrogen-bond donors (Lipinski definition) is 1. The molecule has 0 radical (unpaired) electrons. The summed E-state index contributed by atoms with van der Waals surface area (Å²) in [6, 6.07) is 1.07. The Morgan fingerprint density at radius 2 is 2.00 bits per heavy atom. The summed E-state index contributed by atoms with van der Waals surface area (Å²) >= 11 is 0. The number of carboxylic acids is 1. The van der Waals surface area contributed by atoms with Gasteiger partial charge in [0, 0.05) is 18.2 Å². The monoisotopic (exact) mass is 385 g/mol. The minimum atomic E-state index is -0.944. The van der Waals surface area contributed by atoms with Crippen molar-refractivity contribution in [3.05, 3.63) is 23.0 Å².